The van der Waals surface area contributed by atoms with Crippen molar-refractivity contribution in [3.8, 4) is 11.5 Å². The van der Waals surface area contributed by atoms with E-state index in [1.807, 2.05) is 0 Å². The second-order valence-electron chi connectivity index (χ2n) is 2.36. The van der Waals surface area contributed by atoms with Crippen LogP contribution in [0.5, 0.6) is 11.5 Å². The van der Waals surface area contributed by atoms with Crippen molar-refractivity contribution in [2.24, 2.45) is 0 Å². The molecule has 1 aromatic rings. The smallest absolute Gasteiger partial charge is 0.166 e. The molecule has 0 amide bonds. The maximum absolute atomic E-state index is 13.2. The molecule has 5 heteroatoms. The second-order valence-corrected chi connectivity index (χ2v) is 3.21. The molecule has 1 rings (SSSR count). The molecule has 0 fully saturated rings. The Morgan fingerprint density at radius 3 is 2.69 bits per heavy atom. The fraction of sp³-hybridized carbons (Fsp3) is 0.250. The average molecular weight is 251 g/mol. The zero-order chi connectivity index (χ0) is 10.0. The Balaban J connectivity index is 3.39. The lowest BCUT2D eigenvalue weighted by atomic mass is 10.2. The van der Waals surface area contributed by atoms with E-state index in [-0.39, 0.29) is 21.5 Å². The lowest BCUT2D eigenvalue weighted by Crippen LogP contribution is -1.95. The number of aliphatic hydroxyl groups excluding tert-OH is 1. The van der Waals surface area contributed by atoms with Crippen LogP contribution in [0, 0.1) is 5.82 Å². The fourth-order valence-corrected chi connectivity index (χ4v) is 1.39. The van der Waals surface area contributed by atoms with E-state index < -0.39 is 12.4 Å². The van der Waals surface area contributed by atoms with Crippen LogP contribution in [0.25, 0.3) is 0 Å². The molecule has 0 saturated carbocycles. The molecule has 0 heterocycles. The maximum atomic E-state index is 13.2. The molecule has 3 nitrogen and oxygen atoms in total. The van der Waals surface area contributed by atoms with Gasteiger partial charge in [-0.3, -0.25) is 0 Å². The summed E-state index contributed by atoms with van der Waals surface area (Å²) in [6.45, 7) is -0.576. The number of ether oxygens (including phenoxy) is 1. The minimum Gasteiger partial charge on any atom is -0.504 e. The van der Waals surface area contributed by atoms with Crippen LogP contribution < -0.4 is 4.74 Å². The summed E-state index contributed by atoms with van der Waals surface area (Å²) >= 11 is 2.94. The number of aromatic hydroxyl groups is 1. The van der Waals surface area contributed by atoms with E-state index >= 15 is 0 Å². The largest absolute Gasteiger partial charge is 0.504 e. The topological polar surface area (TPSA) is 49.7 Å². The van der Waals surface area contributed by atoms with Gasteiger partial charge in [-0.1, -0.05) is 0 Å². The molecule has 1 aromatic carbocycles. The van der Waals surface area contributed by atoms with E-state index in [9.17, 15) is 9.50 Å². The van der Waals surface area contributed by atoms with E-state index in [2.05, 4.69) is 15.9 Å². The molecule has 72 valence electrons. The van der Waals surface area contributed by atoms with Crippen molar-refractivity contribution in [1.82, 2.24) is 0 Å². The molecule has 13 heavy (non-hydrogen) atoms. The van der Waals surface area contributed by atoms with Crippen LogP contribution in [0.1, 0.15) is 5.56 Å². The summed E-state index contributed by atoms with van der Waals surface area (Å²) < 4.78 is 18.1. The Bertz CT molecular complexity index is 328. The van der Waals surface area contributed by atoms with Crippen LogP contribution >= 0.6 is 15.9 Å². The van der Waals surface area contributed by atoms with E-state index in [0.29, 0.717) is 0 Å². The predicted octanol–water partition coefficient (Wildman–Crippen LogP) is 1.79. The highest BCUT2D eigenvalue weighted by Crippen LogP contribution is 2.36. The number of halogens is 2. The summed E-state index contributed by atoms with van der Waals surface area (Å²) in [5.41, 5.74) is -0.175. The van der Waals surface area contributed by atoms with Gasteiger partial charge in [-0.25, -0.2) is 4.39 Å². The highest BCUT2D eigenvalue weighted by Gasteiger charge is 2.16. The Hall–Kier alpha value is -0.810. The van der Waals surface area contributed by atoms with Crippen LogP contribution in [-0.4, -0.2) is 17.3 Å². The molecule has 0 aliphatic rings. The van der Waals surface area contributed by atoms with Crippen molar-refractivity contribution in [3.05, 3.63) is 21.9 Å². The van der Waals surface area contributed by atoms with Crippen molar-refractivity contribution < 1.29 is 19.3 Å². The number of methoxy groups -OCH3 is 1. The monoisotopic (exact) mass is 250 g/mol. The van der Waals surface area contributed by atoms with Crippen molar-refractivity contribution in [1.29, 1.82) is 0 Å². The van der Waals surface area contributed by atoms with Gasteiger partial charge < -0.3 is 14.9 Å². The van der Waals surface area contributed by atoms with E-state index in [1.165, 1.54) is 13.2 Å². The normalized spacial score (nSPS) is 10.2. The SMILES string of the molecule is COc1cc(Br)c(F)c(CO)c1O. The molecule has 2 N–H and O–H groups in total. The van der Waals surface area contributed by atoms with E-state index in [0.717, 1.165) is 0 Å². The summed E-state index contributed by atoms with van der Waals surface area (Å²) in [5.74, 6) is -0.927. The molecule has 0 bridgehead atoms. The number of hydrogen-bond acceptors (Lipinski definition) is 3. The van der Waals surface area contributed by atoms with Gasteiger partial charge in [0.2, 0.25) is 0 Å². The lowest BCUT2D eigenvalue weighted by molar-refractivity contribution is 0.265. The van der Waals surface area contributed by atoms with Gasteiger partial charge in [0.1, 0.15) is 5.82 Å². The van der Waals surface area contributed by atoms with E-state index in [4.69, 9.17) is 9.84 Å². The average Bonchev–Trinajstić information content (AvgIpc) is 2.12. The summed E-state index contributed by atoms with van der Waals surface area (Å²) in [6.07, 6.45) is 0. The standard InChI is InChI=1S/C8H8BrFO3/c1-13-6-2-5(9)7(10)4(3-11)8(6)12/h2,11-12H,3H2,1H3. The third-order valence-electron chi connectivity index (χ3n) is 1.63. The van der Waals surface area contributed by atoms with Gasteiger partial charge in [0.15, 0.2) is 11.5 Å². The van der Waals surface area contributed by atoms with Gasteiger partial charge in [0.25, 0.3) is 0 Å². The minimum absolute atomic E-state index is 0.123. The molecule has 0 aliphatic heterocycles. The van der Waals surface area contributed by atoms with Gasteiger partial charge >= 0.3 is 0 Å². The van der Waals surface area contributed by atoms with Crippen molar-refractivity contribution in [2.45, 2.75) is 6.61 Å². The minimum atomic E-state index is -0.680. The number of hydrogen-bond donors (Lipinski definition) is 2. The van der Waals surface area contributed by atoms with Crippen molar-refractivity contribution >= 4 is 15.9 Å². The third kappa shape index (κ3) is 1.76. The van der Waals surface area contributed by atoms with Gasteiger partial charge in [-0.15, -0.1) is 0 Å². The molecular formula is C8H8BrFO3. The molecule has 0 radical (unpaired) electrons. The molecular weight excluding hydrogens is 243 g/mol. The highest BCUT2D eigenvalue weighted by molar-refractivity contribution is 9.10. The van der Waals surface area contributed by atoms with Crippen LogP contribution in [0.2, 0.25) is 0 Å². The maximum Gasteiger partial charge on any atom is 0.166 e. The van der Waals surface area contributed by atoms with Gasteiger partial charge in [-0.2, -0.15) is 0 Å². The summed E-state index contributed by atoms with van der Waals surface area (Å²) in [6, 6.07) is 1.30. The highest BCUT2D eigenvalue weighted by atomic mass is 79.9. The zero-order valence-corrected chi connectivity index (χ0v) is 8.43. The van der Waals surface area contributed by atoms with Crippen molar-refractivity contribution in [3.63, 3.8) is 0 Å². The summed E-state index contributed by atoms with van der Waals surface area (Å²) in [4.78, 5) is 0. The molecule has 0 unspecified atom stereocenters. The molecule has 0 spiro atoms. The first-order valence-electron chi connectivity index (χ1n) is 3.46. The van der Waals surface area contributed by atoms with Gasteiger partial charge in [0.05, 0.1) is 23.8 Å². The number of aliphatic hydroxyl groups is 1. The number of rotatable bonds is 2. The zero-order valence-electron chi connectivity index (χ0n) is 6.84. The van der Waals surface area contributed by atoms with Crippen molar-refractivity contribution in [2.75, 3.05) is 7.11 Å². The van der Waals surface area contributed by atoms with Crippen LogP contribution in [0.15, 0.2) is 10.5 Å². The van der Waals surface area contributed by atoms with Gasteiger partial charge in [-0.05, 0) is 15.9 Å². The lowest BCUT2D eigenvalue weighted by Gasteiger charge is -2.09. The first-order chi connectivity index (χ1) is 6.11. The number of phenols is 1. The predicted molar refractivity (Wildman–Crippen MR) is 48.2 cm³/mol. The third-order valence-corrected chi connectivity index (χ3v) is 2.21. The number of benzene rings is 1. The quantitative estimate of drug-likeness (QED) is 0.842. The fourth-order valence-electron chi connectivity index (χ4n) is 0.944. The van der Waals surface area contributed by atoms with E-state index in [1.54, 1.807) is 0 Å². The van der Waals surface area contributed by atoms with Crippen LogP contribution in [-0.2, 0) is 6.61 Å². The summed E-state index contributed by atoms with van der Waals surface area (Å²) in [5, 5.41) is 18.1. The summed E-state index contributed by atoms with van der Waals surface area (Å²) in [7, 11) is 1.35. The second kappa shape index (κ2) is 3.93. The molecule has 0 saturated heterocycles. The van der Waals surface area contributed by atoms with Crippen LogP contribution in [0.3, 0.4) is 0 Å². The Morgan fingerprint density at radius 2 is 2.23 bits per heavy atom. The molecule has 0 aliphatic carbocycles. The molecule has 0 aromatic heterocycles. The molecule has 0 atom stereocenters. The first-order valence-corrected chi connectivity index (χ1v) is 4.25. The Labute approximate surface area is 82.9 Å². The van der Waals surface area contributed by atoms with Gasteiger partial charge in [0, 0.05) is 6.07 Å². The van der Waals surface area contributed by atoms with Crippen LogP contribution in [0.4, 0.5) is 4.39 Å². The first kappa shape index (κ1) is 10.3. The Morgan fingerprint density at radius 1 is 1.62 bits per heavy atom. The Kier molecular flexibility index (Phi) is 3.11.